The fraction of sp³-hybridized carbons (Fsp3) is 0.464. The van der Waals surface area contributed by atoms with Crippen LogP contribution in [0.2, 0.25) is 0 Å². The molecule has 5 rings (SSSR count). The van der Waals surface area contributed by atoms with E-state index in [2.05, 4.69) is 68.8 Å². The lowest BCUT2D eigenvalue weighted by molar-refractivity contribution is 0.0183. The van der Waals surface area contributed by atoms with Crippen molar-refractivity contribution in [3.05, 3.63) is 71.9 Å². The molecular formula is C28H37N5O. The Kier molecular flexibility index (Phi) is 6.99. The zero-order valence-corrected chi connectivity index (χ0v) is 20.5. The number of rotatable bonds is 6. The summed E-state index contributed by atoms with van der Waals surface area (Å²) in [5, 5.41) is 1.14. The quantitative estimate of drug-likeness (QED) is 0.613. The molecule has 0 radical (unpaired) electrons. The molecule has 0 spiro atoms. The van der Waals surface area contributed by atoms with Crippen molar-refractivity contribution in [1.82, 2.24) is 24.6 Å². The van der Waals surface area contributed by atoms with Gasteiger partial charge in [-0.25, -0.2) is 0 Å². The molecule has 1 unspecified atom stereocenters. The summed E-state index contributed by atoms with van der Waals surface area (Å²) in [6.07, 6.45) is 1.93. The number of benzene rings is 2. The molecule has 1 amide bonds. The van der Waals surface area contributed by atoms with E-state index >= 15 is 0 Å². The average molecular weight is 460 g/mol. The molecule has 1 atom stereocenters. The van der Waals surface area contributed by atoms with Crippen LogP contribution in [0.25, 0.3) is 10.9 Å². The minimum atomic E-state index is 0.151. The number of hydrogen-bond donors (Lipinski definition) is 1. The maximum Gasteiger partial charge on any atom is 0.254 e. The Morgan fingerprint density at radius 2 is 1.71 bits per heavy atom. The number of carbonyl (C=O) groups is 1. The van der Waals surface area contributed by atoms with Gasteiger partial charge in [0.05, 0.1) is 0 Å². The van der Waals surface area contributed by atoms with E-state index < -0.39 is 0 Å². The predicted molar refractivity (Wildman–Crippen MR) is 138 cm³/mol. The lowest BCUT2D eigenvalue weighted by Gasteiger charge is -2.46. The Morgan fingerprint density at radius 3 is 2.47 bits per heavy atom. The fourth-order valence-electron chi connectivity index (χ4n) is 5.53. The summed E-state index contributed by atoms with van der Waals surface area (Å²) in [5.74, 6) is 0.151. The third-order valence-corrected chi connectivity index (χ3v) is 7.46. The van der Waals surface area contributed by atoms with E-state index in [0.717, 1.165) is 75.4 Å². The van der Waals surface area contributed by atoms with Gasteiger partial charge in [0.1, 0.15) is 0 Å². The first-order valence-corrected chi connectivity index (χ1v) is 12.7. The van der Waals surface area contributed by atoms with Gasteiger partial charge in [-0.2, -0.15) is 0 Å². The zero-order valence-electron chi connectivity index (χ0n) is 20.5. The second-order valence-electron chi connectivity index (χ2n) is 10.1. The van der Waals surface area contributed by atoms with Crippen molar-refractivity contribution in [3.8, 4) is 0 Å². The first kappa shape index (κ1) is 23.1. The van der Waals surface area contributed by atoms with Crippen LogP contribution >= 0.6 is 0 Å². The molecule has 0 bridgehead atoms. The molecule has 180 valence electrons. The molecule has 2 fully saturated rings. The van der Waals surface area contributed by atoms with Gasteiger partial charge in [-0.3, -0.25) is 19.5 Å². The van der Waals surface area contributed by atoms with Gasteiger partial charge in [0.2, 0.25) is 0 Å². The highest BCUT2D eigenvalue weighted by Crippen LogP contribution is 2.20. The molecule has 2 aliphatic rings. The number of aromatic nitrogens is 1. The fourth-order valence-corrected chi connectivity index (χ4v) is 5.53. The summed E-state index contributed by atoms with van der Waals surface area (Å²) in [6, 6.07) is 19.7. The van der Waals surface area contributed by atoms with E-state index in [4.69, 9.17) is 0 Å². The Morgan fingerprint density at radius 1 is 0.941 bits per heavy atom. The van der Waals surface area contributed by atoms with Crippen molar-refractivity contribution in [2.45, 2.75) is 32.5 Å². The third kappa shape index (κ3) is 5.19. The summed E-state index contributed by atoms with van der Waals surface area (Å²) < 4.78 is 0. The van der Waals surface area contributed by atoms with Crippen LogP contribution in [0.15, 0.2) is 60.8 Å². The first-order chi connectivity index (χ1) is 16.6. The molecule has 1 aromatic heterocycles. The van der Waals surface area contributed by atoms with Crippen LogP contribution in [0.1, 0.15) is 29.8 Å². The number of amides is 1. The minimum absolute atomic E-state index is 0.151. The van der Waals surface area contributed by atoms with Crippen molar-refractivity contribution < 1.29 is 4.79 Å². The van der Waals surface area contributed by atoms with Gasteiger partial charge in [0.15, 0.2) is 0 Å². The van der Waals surface area contributed by atoms with Crippen molar-refractivity contribution in [2.75, 3.05) is 52.4 Å². The van der Waals surface area contributed by atoms with Crippen LogP contribution in [0.4, 0.5) is 0 Å². The molecule has 6 nitrogen and oxygen atoms in total. The standard InChI is InChI=1S/C28H37N5O/c1-22(2)33-17-16-32(28(34)25-9-8-24-10-11-29-27(24)18-25)21-26(33)20-31-14-12-30(13-15-31)19-23-6-4-3-5-7-23/h3-11,18,22,26,29H,12-17,19-21H2,1-2H3. The first-order valence-electron chi connectivity index (χ1n) is 12.7. The Bertz CT molecular complexity index is 1090. The van der Waals surface area contributed by atoms with Gasteiger partial charge < -0.3 is 9.88 Å². The SMILES string of the molecule is CC(C)N1CCN(C(=O)c2ccc3cc[nH]c3c2)CC1CN1CCN(Cc2ccccc2)CC1. The molecule has 2 saturated heterocycles. The van der Waals surface area contributed by atoms with Gasteiger partial charge in [0.25, 0.3) is 5.91 Å². The topological polar surface area (TPSA) is 45.8 Å². The lowest BCUT2D eigenvalue weighted by Crippen LogP contribution is -2.61. The monoisotopic (exact) mass is 459 g/mol. The van der Waals surface area contributed by atoms with E-state index in [1.54, 1.807) is 0 Å². The van der Waals surface area contributed by atoms with E-state index in [0.29, 0.717) is 12.1 Å². The highest BCUT2D eigenvalue weighted by Gasteiger charge is 2.33. The molecule has 0 saturated carbocycles. The Balaban J connectivity index is 1.20. The Labute approximate surface area is 203 Å². The molecular weight excluding hydrogens is 422 g/mol. The van der Waals surface area contributed by atoms with Crippen LogP contribution < -0.4 is 0 Å². The molecule has 3 heterocycles. The van der Waals surface area contributed by atoms with Gasteiger partial charge in [-0.1, -0.05) is 36.4 Å². The largest absolute Gasteiger partial charge is 0.361 e. The van der Waals surface area contributed by atoms with Crippen molar-refractivity contribution >= 4 is 16.8 Å². The third-order valence-electron chi connectivity index (χ3n) is 7.46. The van der Waals surface area contributed by atoms with Gasteiger partial charge in [0, 0.05) is 88.3 Å². The predicted octanol–water partition coefficient (Wildman–Crippen LogP) is 3.52. The highest BCUT2D eigenvalue weighted by molar-refractivity contribution is 5.98. The number of carbonyl (C=O) groups excluding carboxylic acids is 1. The summed E-state index contributed by atoms with van der Waals surface area (Å²) in [5.41, 5.74) is 3.19. The van der Waals surface area contributed by atoms with Gasteiger partial charge in [-0.05, 0) is 43.0 Å². The smallest absolute Gasteiger partial charge is 0.254 e. The summed E-state index contributed by atoms with van der Waals surface area (Å²) in [6.45, 7) is 13.5. The van der Waals surface area contributed by atoms with Crippen molar-refractivity contribution in [2.24, 2.45) is 0 Å². The van der Waals surface area contributed by atoms with E-state index in [1.807, 2.05) is 30.5 Å². The molecule has 34 heavy (non-hydrogen) atoms. The molecule has 2 aliphatic heterocycles. The maximum absolute atomic E-state index is 13.4. The van der Waals surface area contributed by atoms with Crippen molar-refractivity contribution in [1.29, 1.82) is 0 Å². The number of hydrogen-bond acceptors (Lipinski definition) is 4. The number of aromatic amines is 1. The summed E-state index contributed by atoms with van der Waals surface area (Å²) in [7, 11) is 0. The summed E-state index contributed by atoms with van der Waals surface area (Å²) >= 11 is 0. The van der Waals surface area contributed by atoms with E-state index in [9.17, 15) is 4.79 Å². The molecule has 1 N–H and O–H groups in total. The van der Waals surface area contributed by atoms with Crippen LogP contribution in [0, 0.1) is 0 Å². The average Bonchev–Trinajstić information content (AvgIpc) is 3.33. The summed E-state index contributed by atoms with van der Waals surface area (Å²) in [4.78, 5) is 26.4. The zero-order chi connectivity index (χ0) is 23.5. The van der Waals surface area contributed by atoms with E-state index in [-0.39, 0.29) is 5.91 Å². The van der Waals surface area contributed by atoms with E-state index in [1.165, 1.54) is 5.56 Å². The molecule has 2 aromatic carbocycles. The number of fused-ring (bicyclic) bond motifs is 1. The molecule has 6 heteroatoms. The number of H-pyrrole nitrogens is 1. The van der Waals surface area contributed by atoms with Gasteiger partial charge >= 0.3 is 0 Å². The lowest BCUT2D eigenvalue weighted by atomic mass is 10.1. The number of piperazine rings is 2. The number of nitrogens with one attached hydrogen (secondary N) is 1. The second kappa shape index (κ2) is 10.3. The minimum Gasteiger partial charge on any atom is -0.361 e. The second-order valence-corrected chi connectivity index (χ2v) is 10.1. The van der Waals surface area contributed by atoms with Crippen LogP contribution in [-0.4, -0.2) is 94.9 Å². The molecule has 0 aliphatic carbocycles. The van der Waals surface area contributed by atoms with Crippen molar-refractivity contribution in [3.63, 3.8) is 0 Å². The molecule has 3 aromatic rings. The van der Waals surface area contributed by atoms with Crippen LogP contribution in [0.5, 0.6) is 0 Å². The van der Waals surface area contributed by atoms with Gasteiger partial charge in [-0.15, -0.1) is 0 Å². The Hall–Kier alpha value is -2.67. The normalized spacial score (nSPS) is 20.9. The number of nitrogens with zero attached hydrogens (tertiary/aromatic N) is 4. The van der Waals surface area contributed by atoms with Crippen LogP contribution in [-0.2, 0) is 6.54 Å². The van der Waals surface area contributed by atoms with Crippen LogP contribution in [0.3, 0.4) is 0 Å². The highest BCUT2D eigenvalue weighted by atomic mass is 16.2. The maximum atomic E-state index is 13.4.